The van der Waals surface area contributed by atoms with Gasteiger partial charge in [-0.3, -0.25) is 0 Å². The Morgan fingerprint density at radius 2 is 1.46 bits per heavy atom. The van der Waals surface area contributed by atoms with E-state index in [0.29, 0.717) is 0 Å². The predicted octanol–water partition coefficient (Wildman–Crippen LogP) is 3.76. The van der Waals surface area contributed by atoms with Gasteiger partial charge in [0.25, 0.3) is 0 Å². The molecule has 28 heavy (non-hydrogen) atoms. The summed E-state index contributed by atoms with van der Waals surface area (Å²) < 4.78 is 6.06. The molecule has 1 aliphatic rings. The Kier molecular flexibility index (Phi) is 9.01. The number of aliphatic carboxylic acids is 2. The van der Waals surface area contributed by atoms with Crippen LogP contribution in [0, 0.1) is 0 Å². The SMILES string of the molecule is O=C(O)C(=O)O.c1ccc(-c2ccccc2OCCCN2CCCCC2)cc1. The number of carboxylic acid groups (broad SMARTS) is 2. The van der Waals surface area contributed by atoms with E-state index >= 15 is 0 Å². The summed E-state index contributed by atoms with van der Waals surface area (Å²) >= 11 is 0. The van der Waals surface area contributed by atoms with Crippen molar-refractivity contribution in [2.24, 2.45) is 0 Å². The molecule has 0 spiro atoms. The zero-order valence-electron chi connectivity index (χ0n) is 15.9. The lowest BCUT2D eigenvalue weighted by molar-refractivity contribution is -0.159. The highest BCUT2D eigenvalue weighted by Gasteiger charge is 2.10. The Hall–Kier alpha value is -2.86. The van der Waals surface area contributed by atoms with Gasteiger partial charge in [0.1, 0.15) is 5.75 Å². The van der Waals surface area contributed by atoms with Gasteiger partial charge in [-0.2, -0.15) is 0 Å². The quantitative estimate of drug-likeness (QED) is 0.581. The van der Waals surface area contributed by atoms with E-state index in [4.69, 9.17) is 24.5 Å². The Morgan fingerprint density at radius 3 is 2.11 bits per heavy atom. The number of carbonyl (C=O) groups is 2. The van der Waals surface area contributed by atoms with Crippen LogP contribution < -0.4 is 4.74 Å². The first kappa shape index (κ1) is 21.4. The molecule has 2 aromatic rings. The molecular formula is C22H27NO5. The third-order valence-corrected chi connectivity index (χ3v) is 4.48. The molecule has 1 heterocycles. The number of benzene rings is 2. The number of hydrogen-bond acceptors (Lipinski definition) is 4. The normalized spacial score (nSPS) is 13.9. The van der Waals surface area contributed by atoms with Crippen molar-refractivity contribution >= 4 is 11.9 Å². The van der Waals surface area contributed by atoms with E-state index in [2.05, 4.69) is 47.4 Å². The molecule has 3 rings (SSSR count). The van der Waals surface area contributed by atoms with Crippen LogP contribution in [0.1, 0.15) is 25.7 Å². The predicted molar refractivity (Wildman–Crippen MR) is 108 cm³/mol. The van der Waals surface area contributed by atoms with Gasteiger partial charge in [0, 0.05) is 12.1 Å². The fourth-order valence-electron chi connectivity index (χ4n) is 3.10. The molecule has 2 N–H and O–H groups in total. The molecule has 0 unspecified atom stereocenters. The summed E-state index contributed by atoms with van der Waals surface area (Å²) in [4.78, 5) is 20.8. The maximum Gasteiger partial charge on any atom is 0.414 e. The number of likely N-dealkylation sites (tertiary alicyclic amines) is 1. The lowest BCUT2D eigenvalue weighted by atomic mass is 10.1. The second-order valence-corrected chi connectivity index (χ2v) is 6.58. The maximum atomic E-state index is 9.10. The molecule has 0 bridgehead atoms. The Morgan fingerprint density at radius 1 is 0.857 bits per heavy atom. The van der Waals surface area contributed by atoms with Gasteiger partial charge in [-0.05, 0) is 44.0 Å². The van der Waals surface area contributed by atoms with Gasteiger partial charge in [0.2, 0.25) is 0 Å². The van der Waals surface area contributed by atoms with Crippen molar-refractivity contribution in [3.63, 3.8) is 0 Å². The molecule has 6 heteroatoms. The number of rotatable bonds is 6. The molecule has 1 saturated heterocycles. The molecule has 0 aliphatic carbocycles. The van der Waals surface area contributed by atoms with Crippen molar-refractivity contribution in [1.82, 2.24) is 4.90 Å². The van der Waals surface area contributed by atoms with Crippen LogP contribution in [0.2, 0.25) is 0 Å². The van der Waals surface area contributed by atoms with E-state index in [0.717, 1.165) is 25.3 Å². The van der Waals surface area contributed by atoms with Crippen molar-refractivity contribution in [2.45, 2.75) is 25.7 Å². The third kappa shape index (κ3) is 7.40. The molecule has 0 radical (unpaired) electrons. The Labute approximate surface area is 165 Å². The van der Waals surface area contributed by atoms with Crippen LogP contribution >= 0.6 is 0 Å². The van der Waals surface area contributed by atoms with Crippen LogP contribution in [0.4, 0.5) is 0 Å². The van der Waals surface area contributed by atoms with Gasteiger partial charge in [-0.1, -0.05) is 55.0 Å². The highest BCUT2D eigenvalue weighted by molar-refractivity contribution is 6.27. The number of hydrogen-bond donors (Lipinski definition) is 2. The van der Waals surface area contributed by atoms with Gasteiger partial charge < -0.3 is 19.8 Å². The Balaban J connectivity index is 0.000000409. The molecule has 6 nitrogen and oxygen atoms in total. The summed E-state index contributed by atoms with van der Waals surface area (Å²) in [6, 6.07) is 18.8. The molecule has 2 aromatic carbocycles. The summed E-state index contributed by atoms with van der Waals surface area (Å²) in [6.07, 6.45) is 5.22. The summed E-state index contributed by atoms with van der Waals surface area (Å²) in [5.74, 6) is -2.66. The van der Waals surface area contributed by atoms with Crippen molar-refractivity contribution < 1.29 is 24.5 Å². The average molecular weight is 385 g/mol. The highest BCUT2D eigenvalue weighted by atomic mass is 16.5. The minimum absolute atomic E-state index is 0.792. The molecule has 0 amide bonds. The largest absolute Gasteiger partial charge is 0.493 e. The van der Waals surface area contributed by atoms with E-state index in [1.807, 2.05) is 12.1 Å². The standard InChI is InChI=1S/C20H25NO.C2H2O4/c1-3-10-18(11-4-1)19-12-5-6-13-20(19)22-17-9-16-21-14-7-2-8-15-21;3-1(4)2(5)6/h1,3-6,10-13H,2,7-9,14-17H2;(H,3,4)(H,5,6). The minimum Gasteiger partial charge on any atom is -0.493 e. The number of piperidine rings is 1. The molecular weight excluding hydrogens is 358 g/mol. The van der Waals surface area contributed by atoms with Gasteiger partial charge in [0.05, 0.1) is 6.61 Å². The first-order valence-electron chi connectivity index (χ1n) is 9.53. The molecule has 150 valence electrons. The topological polar surface area (TPSA) is 87.1 Å². The molecule has 1 fully saturated rings. The zero-order valence-corrected chi connectivity index (χ0v) is 15.9. The van der Waals surface area contributed by atoms with Gasteiger partial charge in [0.15, 0.2) is 0 Å². The summed E-state index contributed by atoms with van der Waals surface area (Å²) in [5, 5.41) is 14.8. The smallest absolute Gasteiger partial charge is 0.414 e. The van der Waals surface area contributed by atoms with Crippen LogP contribution in [0.15, 0.2) is 54.6 Å². The van der Waals surface area contributed by atoms with E-state index in [-0.39, 0.29) is 0 Å². The average Bonchev–Trinajstić information content (AvgIpc) is 2.73. The lowest BCUT2D eigenvalue weighted by Crippen LogP contribution is -2.31. The van der Waals surface area contributed by atoms with Crippen molar-refractivity contribution in [3.8, 4) is 16.9 Å². The first-order valence-corrected chi connectivity index (χ1v) is 9.53. The summed E-state index contributed by atoms with van der Waals surface area (Å²) in [6.45, 7) is 4.48. The van der Waals surface area contributed by atoms with Gasteiger partial charge in [-0.15, -0.1) is 0 Å². The number of ether oxygens (including phenoxy) is 1. The lowest BCUT2D eigenvalue weighted by Gasteiger charge is -2.26. The van der Waals surface area contributed by atoms with Crippen LogP contribution in [-0.4, -0.2) is 53.3 Å². The van der Waals surface area contributed by atoms with E-state index in [1.165, 1.54) is 43.5 Å². The van der Waals surface area contributed by atoms with Crippen LogP contribution in [0.25, 0.3) is 11.1 Å². The third-order valence-electron chi connectivity index (χ3n) is 4.48. The molecule has 0 saturated carbocycles. The Bertz CT molecular complexity index is 730. The van der Waals surface area contributed by atoms with Gasteiger partial charge in [-0.25, -0.2) is 9.59 Å². The van der Waals surface area contributed by atoms with E-state index in [1.54, 1.807) is 0 Å². The number of para-hydroxylation sites is 1. The minimum atomic E-state index is -1.82. The number of carboxylic acids is 2. The monoisotopic (exact) mass is 385 g/mol. The van der Waals surface area contributed by atoms with Crippen molar-refractivity contribution in [2.75, 3.05) is 26.2 Å². The van der Waals surface area contributed by atoms with Crippen LogP contribution in [0.3, 0.4) is 0 Å². The fraction of sp³-hybridized carbons (Fsp3) is 0.364. The van der Waals surface area contributed by atoms with E-state index < -0.39 is 11.9 Å². The summed E-state index contributed by atoms with van der Waals surface area (Å²) in [7, 11) is 0. The fourth-order valence-corrected chi connectivity index (χ4v) is 3.10. The maximum absolute atomic E-state index is 9.10. The zero-order chi connectivity index (χ0) is 20.2. The van der Waals surface area contributed by atoms with Crippen LogP contribution in [-0.2, 0) is 9.59 Å². The van der Waals surface area contributed by atoms with Crippen molar-refractivity contribution in [3.05, 3.63) is 54.6 Å². The second kappa shape index (κ2) is 11.8. The highest BCUT2D eigenvalue weighted by Crippen LogP contribution is 2.29. The second-order valence-electron chi connectivity index (χ2n) is 6.58. The number of nitrogens with zero attached hydrogens (tertiary/aromatic N) is 1. The summed E-state index contributed by atoms with van der Waals surface area (Å²) in [5.41, 5.74) is 2.40. The van der Waals surface area contributed by atoms with Gasteiger partial charge >= 0.3 is 11.9 Å². The van der Waals surface area contributed by atoms with Crippen molar-refractivity contribution in [1.29, 1.82) is 0 Å². The molecule has 0 atom stereocenters. The van der Waals surface area contributed by atoms with E-state index in [9.17, 15) is 0 Å². The van der Waals surface area contributed by atoms with Crippen LogP contribution in [0.5, 0.6) is 5.75 Å². The molecule has 0 aromatic heterocycles. The first-order chi connectivity index (χ1) is 13.6. The molecule has 1 aliphatic heterocycles.